The number of hydrogen-bond acceptors (Lipinski definition) is 5. The van der Waals surface area contributed by atoms with E-state index in [1.54, 1.807) is 26.2 Å². The highest BCUT2D eigenvalue weighted by Crippen LogP contribution is 2.27. The van der Waals surface area contributed by atoms with Crippen LogP contribution in [0.5, 0.6) is 11.5 Å². The van der Waals surface area contributed by atoms with Crippen LogP contribution in [0.2, 0.25) is 0 Å². The minimum Gasteiger partial charge on any atom is -0.508 e. The lowest BCUT2D eigenvalue weighted by Crippen LogP contribution is -2.14. The van der Waals surface area contributed by atoms with Crippen LogP contribution in [-0.2, 0) is 13.1 Å². The lowest BCUT2D eigenvalue weighted by atomic mass is 10.1. The van der Waals surface area contributed by atoms with Gasteiger partial charge in [-0.25, -0.2) is 4.79 Å². The Balaban J connectivity index is 1.82. The van der Waals surface area contributed by atoms with Gasteiger partial charge in [0.05, 0.1) is 7.11 Å². The Morgan fingerprint density at radius 1 is 1.17 bits per heavy atom. The molecule has 5 heteroatoms. The number of fused-ring (bicyclic) bond motifs is 1. The molecule has 24 heavy (non-hydrogen) atoms. The first kappa shape index (κ1) is 16.1. The van der Waals surface area contributed by atoms with Gasteiger partial charge in [-0.05, 0) is 42.3 Å². The third kappa shape index (κ3) is 3.26. The summed E-state index contributed by atoms with van der Waals surface area (Å²) in [5, 5.41) is 13.9. The predicted molar refractivity (Wildman–Crippen MR) is 92.4 cm³/mol. The molecule has 0 radical (unpaired) electrons. The van der Waals surface area contributed by atoms with Gasteiger partial charge in [0.1, 0.15) is 17.1 Å². The van der Waals surface area contributed by atoms with Crippen molar-refractivity contribution < 1.29 is 14.3 Å². The molecule has 3 rings (SSSR count). The molecule has 5 nitrogen and oxygen atoms in total. The van der Waals surface area contributed by atoms with Crippen LogP contribution in [0.1, 0.15) is 16.7 Å². The van der Waals surface area contributed by atoms with Crippen LogP contribution >= 0.6 is 0 Å². The molecule has 0 aliphatic heterocycles. The van der Waals surface area contributed by atoms with E-state index in [4.69, 9.17) is 9.15 Å². The maximum Gasteiger partial charge on any atom is 0.336 e. The zero-order valence-corrected chi connectivity index (χ0v) is 13.6. The third-order valence-electron chi connectivity index (χ3n) is 4.00. The van der Waals surface area contributed by atoms with Gasteiger partial charge < -0.3 is 19.6 Å². The van der Waals surface area contributed by atoms with Gasteiger partial charge in [-0.15, -0.1) is 0 Å². The van der Waals surface area contributed by atoms with Crippen molar-refractivity contribution in [3.05, 3.63) is 69.6 Å². The van der Waals surface area contributed by atoms with Crippen LogP contribution in [0.3, 0.4) is 0 Å². The number of rotatable bonds is 5. The highest BCUT2D eigenvalue weighted by molar-refractivity contribution is 5.84. The van der Waals surface area contributed by atoms with Crippen molar-refractivity contribution in [2.75, 3.05) is 7.11 Å². The van der Waals surface area contributed by atoms with Crippen molar-refractivity contribution in [2.24, 2.45) is 0 Å². The van der Waals surface area contributed by atoms with Crippen LogP contribution in [0, 0.1) is 6.92 Å². The second kappa shape index (κ2) is 6.76. The Kier molecular flexibility index (Phi) is 4.53. The molecular formula is C19H19NO4. The smallest absolute Gasteiger partial charge is 0.336 e. The molecule has 3 aromatic rings. The van der Waals surface area contributed by atoms with Gasteiger partial charge in [0, 0.05) is 30.1 Å². The van der Waals surface area contributed by atoms with Crippen molar-refractivity contribution in [1.29, 1.82) is 0 Å². The number of benzene rings is 2. The normalized spacial score (nSPS) is 10.9. The van der Waals surface area contributed by atoms with Crippen molar-refractivity contribution in [1.82, 2.24) is 5.32 Å². The van der Waals surface area contributed by atoms with Gasteiger partial charge in [-0.3, -0.25) is 0 Å². The average Bonchev–Trinajstić information content (AvgIpc) is 2.58. The molecule has 1 aromatic heterocycles. The number of ether oxygens (including phenoxy) is 1. The Bertz CT molecular complexity index is 930. The molecule has 0 spiro atoms. The number of aryl methyl sites for hydroxylation is 1. The first-order valence-corrected chi connectivity index (χ1v) is 7.67. The van der Waals surface area contributed by atoms with Crippen LogP contribution in [0.4, 0.5) is 0 Å². The summed E-state index contributed by atoms with van der Waals surface area (Å²) in [5.74, 6) is 0.929. The lowest BCUT2D eigenvalue weighted by molar-refractivity contribution is 0.414. The molecule has 0 amide bonds. The quantitative estimate of drug-likeness (QED) is 0.705. The van der Waals surface area contributed by atoms with Crippen molar-refractivity contribution in [3.63, 3.8) is 0 Å². The van der Waals surface area contributed by atoms with E-state index in [2.05, 4.69) is 5.32 Å². The molecule has 0 saturated carbocycles. The van der Waals surface area contributed by atoms with Gasteiger partial charge in [0.25, 0.3) is 0 Å². The van der Waals surface area contributed by atoms with Crippen LogP contribution < -0.4 is 15.7 Å². The monoisotopic (exact) mass is 325 g/mol. The second-order valence-corrected chi connectivity index (χ2v) is 5.63. The lowest BCUT2D eigenvalue weighted by Gasteiger charge is -2.10. The van der Waals surface area contributed by atoms with E-state index in [1.165, 1.54) is 6.07 Å². The van der Waals surface area contributed by atoms with E-state index in [9.17, 15) is 9.90 Å². The summed E-state index contributed by atoms with van der Waals surface area (Å²) in [6.07, 6.45) is 0. The topological polar surface area (TPSA) is 71.7 Å². The average molecular weight is 325 g/mol. The van der Waals surface area contributed by atoms with Gasteiger partial charge >= 0.3 is 5.63 Å². The molecule has 0 aliphatic carbocycles. The van der Waals surface area contributed by atoms with Gasteiger partial charge in [-0.1, -0.05) is 12.1 Å². The summed E-state index contributed by atoms with van der Waals surface area (Å²) in [4.78, 5) is 11.8. The van der Waals surface area contributed by atoms with Crippen LogP contribution in [-0.4, -0.2) is 12.2 Å². The van der Waals surface area contributed by atoms with Crippen molar-refractivity contribution in [2.45, 2.75) is 20.0 Å². The summed E-state index contributed by atoms with van der Waals surface area (Å²) in [5.41, 5.74) is 2.51. The molecule has 1 heterocycles. The minimum atomic E-state index is -0.422. The molecule has 124 valence electrons. The first-order chi connectivity index (χ1) is 11.6. The Labute approximate surface area is 139 Å². The van der Waals surface area contributed by atoms with E-state index in [0.717, 1.165) is 22.3 Å². The van der Waals surface area contributed by atoms with Crippen LogP contribution in [0.15, 0.2) is 51.7 Å². The standard InChI is InChI=1S/C19H19NO4/c1-12-17(21)7-6-16-14(9-18(22)24-19(12)16)11-20-10-13-4-3-5-15(8-13)23-2/h3-9,20-21H,10-11H2,1-2H3. The number of aromatic hydroxyl groups is 1. The fourth-order valence-electron chi connectivity index (χ4n) is 2.69. The highest BCUT2D eigenvalue weighted by atomic mass is 16.5. The molecule has 0 saturated heterocycles. The third-order valence-corrected chi connectivity index (χ3v) is 4.00. The highest BCUT2D eigenvalue weighted by Gasteiger charge is 2.10. The van der Waals surface area contributed by atoms with E-state index in [-0.39, 0.29) is 5.75 Å². The summed E-state index contributed by atoms with van der Waals surface area (Å²) in [6.45, 7) is 2.90. The molecule has 0 bridgehead atoms. The van der Waals surface area contributed by atoms with E-state index < -0.39 is 5.63 Å². The summed E-state index contributed by atoms with van der Waals surface area (Å²) < 4.78 is 10.5. The number of nitrogens with one attached hydrogen (secondary N) is 1. The maximum absolute atomic E-state index is 11.8. The van der Waals surface area contributed by atoms with E-state index >= 15 is 0 Å². The zero-order valence-electron chi connectivity index (χ0n) is 13.6. The number of phenols is 1. The summed E-state index contributed by atoms with van der Waals surface area (Å²) >= 11 is 0. The maximum atomic E-state index is 11.8. The van der Waals surface area contributed by atoms with Crippen molar-refractivity contribution in [3.8, 4) is 11.5 Å². The SMILES string of the molecule is COc1cccc(CNCc2cc(=O)oc3c(C)c(O)ccc23)c1. The van der Waals surface area contributed by atoms with Crippen LogP contribution in [0.25, 0.3) is 11.0 Å². The van der Waals surface area contributed by atoms with E-state index in [0.29, 0.717) is 24.2 Å². The van der Waals surface area contributed by atoms with E-state index in [1.807, 2.05) is 24.3 Å². The number of phenolic OH excluding ortho intramolecular Hbond substituents is 1. The molecular weight excluding hydrogens is 306 g/mol. The molecule has 0 aliphatic rings. The number of methoxy groups -OCH3 is 1. The number of hydrogen-bond donors (Lipinski definition) is 2. The van der Waals surface area contributed by atoms with Gasteiger partial charge in [0.15, 0.2) is 0 Å². The second-order valence-electron chi connectivity index (χ2n) is 5.63. The van der Waals surface area contributed by atoms with Gasteiger partial charge in [0.2, 0.25) is 0 Å². The fraction of sp³-hybridized carbons (Fsp3) is 0.211. The minimum absolute atomic E-state index is 0.118. The largest absolute Gasteiger partial charge is 0.508 e. The molecule has 2 N–H and O–H groups in total. The Morgan fingerprint density at radius 2 is 2.00 bits per heavy atom. The van der Waals surface area contributed by atoms with Gasteiger partial charge in [-0.2, -0.15) is 0 Å². The first-order valence-electron chi connectivity index (χ1n) is 7.67. The predicted octanol–water partition coefficient (Wildman–Crippen LogP) is 3.11. The summed E-state index contributed by atoms with van der Waals surface area (Å²) in [6, 6.07) is 12.7. The van der Waals surface area contributed by atoms with Crippen molar-refractivity contribution >= 4 is 11.0 Å². The Morgan fingerprint density at radius 3 is 2.79 bits per heavy atom. The zero-order chi connectivity index (χ0) is 17.1. The molecule has 2 aromatic carbocycles. The summed E-state index contributed by atoms with van der Waals surface area (Å²) in [7, 11) is 1.64. The molecule has 0 unspecified atom stereocenters. The molecule has 0 fully saturated rings. The Hall–Kier alpha value is -2.79. The fourth-order valence-corrected chi connectivity index (χ4v) is 2.69. The molecule has 0 atom stereocenters.